The van der Waals surface area contributed by atoms with Gasteiger partial charge >= 0.3 is 12.0 Å². The van der Waals surface area contributed by atoms with Gasteiger partial charge in [-0.15, -0.1) is 0 Å². The van der Waals surface area contributed by atoms with Crippen LogP contribution in [0.1, 0.15) is 51.9 Å². The van der Waals surface area contributed by atoms with Gasteiger partial charge in [0.1, 0.15) is 0 Å². The van der Waals surface area contributed by atoms with E-state index >= 15 is 0 Å². The quantitative estimate of drug-likeness (QED) is 0.821. The first-order valence-electron chi connectivity index (χ1n) is 7.41. The molecule has 2 amide bonds. The highest BCUT2D eigenvalue weighted by Gasteiger charge is 2.31. The summed E-state index contributed by atoms with van der Waals surface area (Å²) in [7, 11) is 0. The minimum Gasteiger partial charge on any atom is -0.481 e. The number of carbonyl (C=O) groups excluding carboxylic acids is 1. The van der Waals surface area contributed by atoms with E-state index in [0.717, 1.165) is 32.2 Å². The van der Waals surface area contributed by atoms with Crippen molar-refractivity contribution in [3.63, 3.8) is 0 Å². The summed E-state index contributed by atoms with van der Waals surface area (Å²) in [5, 5.41) is 12.0. The molecule has 2 saturated carbocycles. The maximum absolute atomic E-state index is 12.2. The van der Waals surface area contributed by atoms with E-state index in [9.17, 15) is 9.59 Å². The van der Waals surface area contributed by atoms with Gasteiger partial charge in [-0.3, -0.25) is 4.79 Å². The van der Waals surface area contributed by atoms with Crippen molar-refractivity contribution in [3.05, 3.63) is 0 Å². The number of hydrogen-bond donors (Lipinski definition) is 2. The second-order valence-electron chi connectivity index (χ2n) is 5.71. The van der Waals surface area contributed by atoms with Gasteiger partial charge in [0.25, 0.3) is 0 Å². The summed E-state index contributed by atoms with van der Waals surface area (Å²) in [6, 6.07) is 0.601. The smallest absolute Gasteiger partial charge is 0.317 e. The predicted octanol–water partition coefficient (Wildman–Crippen LogP) is 2.21. The highest BCUT2D eigenvalue weighted by Crippen LogP contribution is 2.26. The fourth-order valence-corrected chi connectivity index (χ4v) is 3.01. The lowest BCUT2D eigenvalue weighted by Gasteiger charge is -2.38. The second-order valence-corrected chi connectivity index (χ2v) is 5.71. The summed E-state index contributed by atoms with van der Waals surface area (Å²) in [5.41, 5.74) is 0. The summed E-state index contributed by atoms with van der Waals surface area (Å²) >= 11 is 0. The second kappa shape index (κ2) is 6.26. The molecule has 0 spiro atoms. The van der Waals surface area contributed by atoms with Crippen LogP contribution in [0.25, 0.3) is 0 Å². The fourth-order valence-electron chi connectivity index (χ4n) is 3.01. The number of amides is 2. The summed E-state index contributed by atoms with van der Waals surface area (Å²) in [4.78, 5) is 25.0. The minimum absolute atomic E-state index is 0.0333. The normalized spacial score (nSPS) is 27.4. The molecule has 5 heteroatoms. The number of carboxylic acid groups (broad SMARTS) is 1. The number of carboxylic acids is 1. The van der Waals surface area contributed by atoms with Crippen molar-refractivity contribution in [1.29, 1.82) is 0 Å². The third kappa shape index (κ3) is 3.39. The molecule has 2 rings (SSSR count). The molecule has 2 aliphatic carbocycles. The largest absolute Gasteiger partial charge is 0.481 e. The van der Waals surface area contributed by atoms with Crippen LogP contribution in [-0.2, 0) is 4.79 Å². The zero-order valence-corrected chi connectivity index (χ0v) is 11.6. The lowest BCUT2D eigenvalue weighted by molar-refractivity contribution is -0.142. The molecule has 2 fully saturated rings. The molecule has 0 atom stereocenters. The predicted molar refractivity (Wildman–Crippen MR) is 71.9 cm³/mol. The zero-order chi connectivity index (χ0) is 13.8. The van der Waals surface area contributed by atoms with Crippen molar-refractivity contribution in [2.75, 3.05) is 6.54 Å². The molecule has 0 radical (unpaired) electrons. The first-order chi connectivity index (χ1) is 9.11. The number of rotatable bonds is 4. The van der Waals surface area contributed by atoms with Crippen LogP contribution in [0, 0.1) is 5.92 Å². The monoisotopic (exact) mass is 268 g/mol. The van der Waals surface area contributed by atoms with Crippen LogP contribution < -0.4 is 5.32 Å². The average molecular weight is 268 g/mol. The zero-order valence-electron chi connectivity index (χ0n) is 11.6. The number of hydrogen-bond acceptors (Lipinski definition) is 2. The van der Waals surface area contributed by atoms with Gasteiger partial charge in [0.2, 0.25) is 0 Å². The van der Waals surface area contributed by atoms with E-state index in [-0.39, 0.29) is 18.0 Å². The molecule has 0 aromatic heterocycles. The van der Waals surface area contributed by atoms with Gasteiger partial charge in [0.15, 0.2) is 0 Å². The molecule has 2 aliphatic rings. The summed E-state index contributed by atoms with van der Waals surface area (Å²) in [5.74, 6) is -0.920. The Morgan fingerprint density at radius 3 is 2.21 bits per heavy atom. The minimum atomic E-state index is -0.700. The van der Waals surface area contributed by atoms with Crippen molar-refractivity contribution in [2.24, 2.45) is 5.92 Å². The maximum Gasteiger partial charge on any atom is 0.317 e. The Kier molecular flexibility index (Phi) is 4.66. The fraction of sp³-hybridized carbons (Fsp3) is 0.857. The van der Waals surface area contributed by atoms with Crippen LogP contribution in [0.3, 0.4) is 0 Å². The van der Waals surface area contributed by atoms with Crippen molar-refractivity contribution in [3.8, 4) is 0 Å². The maximum atomic E-state index is 12.2. The number of urea groups is 1. The summed E-state index contributed by atoms with van der Waals surface area (Å²) in [6.45, 7) is 2.76. The number of carbonyl (C=O) groups is 2. The molecule has 0 saturated heterocycles. The molecule has 0 unspecified atom stereocenters. The van der Waals surface area contributed by atoms with Crippen LogP contribution in [-0.4, -0.2) is 40.6 Å². The summed E-state index contributed by atoms with van der Waals surface area (Å²) < 4.78 is 0. The van der Waals surface area contributed by atoms with E-state index < -0.39 is 5.97 Å². The van der Waals surface area contributed by atoms with Crippen LogP contribution in [0.2, 0.25) is 0 Å². The van der Waals surface area contributed by atoms with Crippen LogP contribution in [0.15, 0.2) is 0 Å². The highest BCUT2D eigenvalue weighted by molar-refractivity contribution is 5.75. The molecule has 5 nitrogen and oxygen atoms in total. The third-order valence-corrected chi connectivity index (χ3v) is 4.52. The first-order valence-corrected chi connectivity index (χ1v) is 7.41. The molecule has 0 heterocycles. The molecule has 0 aliphatic heterocycles. The van der Waals surface area contributed by atoms with Gasteiger partial charge in [-0.2, -0.15) is 0 Å². The van der Waals surface area contributed by atoms with Gasteiger partial charge in [-0.05, 0) is 51.9 Å². The van der Waals surface area contributed by atoms with E-state index in [0.29, 0.717) is 18.9 Å². The molecule has 0 aromatic rings. The van der Waals surface area contributed by atoms with Gasteiger partial charge in [0.05, 0.1) is 5.92 Å². The topological polar surface area (TPSA) is 69.6 Å². The third-order valence-electron chi connectivity index (χ3n) is 4.52. The highest BCUT2D eigenvalue weighted by atomic mass is 16.4. The van der Waals surface area contributed by atoms with E-state index in [1.54, 1.807) is 0 Å². The van der Waals surface area contributed by atoms with E-state index in [1.165, 1.54) is 6.42 Å². The molecular formula is C14H24N2O3. The van der Waals surface area contributed by atoms with E-state index in [4.69, 9.17) is 5.11 Å². The molecule has 0 bridgehead atoms. The Labute approximate surface area is 114 Å². The Hall–Kier alpha value is -1.26. The Bertz CT molecular complexity index is 334. The van der Waals surface area contributed by atoms with Gasteiger partial charge in [-0.1, -0.05) is 0 Å². The van der Waals surface area contributed by atoms with Gasteiger partial charge in [0, 0.05) is 18.6 Å². The number of aliphatic carboxylic acids is 1. The van der Waals surface area contributed by atoms with Crippen LogP contribution in [0.4, 0.5) is 4.79 Å². The van der Waals surface area contributed by atoms with Crippen molar-refractivity contribution in [1.82, 2.24) is 10.2 Å². The average Bonchev–Trinajstić information content (AvgIpc) is 2.33. The van der Waals surface area contributed by atoms with E-state index in [1.807, 2.05) is 11.8 Å². The van der Waals surface area contributed by atoms with Crippen LogP contribution in [0.5, 0.6) is 0 Å². The summed E-state index contributed by atoms with van der Waals surface area (Å²) in [6.07, 6.45) is 6.37. The van der Waals surface area contributed by atoms with Crippen molar-refractivity contribution < 1.29 is 14.7 Å². The number of nitrogens with zero attached hydrogens (tertiary/aromatic N) is 1. The molecular weight excluding hydrogens is 244 g/mol. The number of nitrogens with one attached hydrogen (secondary N) is 1. The lowest BCUT2D eigenvalue weighted by atomic mass is 9.86. The van der Waals surface area contributed by atoms with Crippen LogP contribution >= 0.6 is 0 Å². The van der Waals surface area contributed by atoms with Gasteiger partial charge < -0.3 is 15.3 Å². The Morgan fingerprint density at radius 2 is 1.79 bits per heavy atom. The first kappa shape index (κ1) is 14.2. The van der Waals surface area contributed by atoms with E-state index in [2.05, 4.69) is 5.32 Å². The molecule has 19 heavy (non-hydrogen) atoms. The SMILES string of the molecule is CCN(C(=O)NC1CCC(C(=O)O)CC1)C1CCC1. The molecule has 0 aromatic carbocycles. The Balaban J connectivity index is 1.78. The molecule has 108 valence electrons. The Morgan fingerprint density at radius 1 is 1.16 bits per heavy atom. The lowest BCUT2D eigenvalue weighted by Crippen LogP contribution is -2.52. The standard InChI is InChI=1S/C14H24N2O3/c1-2-16(12-4-3-5-12)14(19)15-11-8-6-10(7-9-11)13(17)18/h10-12H,2-9H2,1H3,(H,15,19)(H,17,18). The van der Waals surface area contributed by atoms with Gasteiger partial charge in [-0.25, -0.2) is 4.79 Å². The van der Waals surface area contributed by atoms with Crippen molar-refractivity contribution in [2.45, 2.75) is 64.0 Å². The van der Waals surface area contributed by atoms with Crippen molar-refractivity contribution >= 4 is 12.0 Å². The molecule has 2 N–H and O–H groups in total.